The number of fused-ring (bicyclic) bond motifs is 2. The fourth-order valence-corrected chi connectivity index (χ4v) is 4.68. The number of para-hydroxylation sites is 1. The highest BCUT2D eigenvalue weighted by molar-refractivity contribution is 7.14. The Labute approximate surface area is 202 Å². The summed E-state index contributed by atoms with van der Waals surface area (Å²) >= 11 is 1.08. The van der Waals surface area contributed by atoms with Gasteiger partial charge in [-0.25, -0.2) is 9.97 Å². The molecule has 10 heteroatoms. The third-order valence-corrected chi connectivity index (χ3v) is 6.53. The molecule has 0 fully saturated rings. The zero-order valence-electron chi connectivity index (χ0n) is 18.5. The number of amides is 1. The average Bonchev–Trinajstić information content (AvgIpc) is 3.61. The summed E-state index contributed by atoms with van der Waals surface area (Å²) in [6, 6.07) is 14.6. The van der Waals surface area contributed by atoms with Crippen molar-refractivity contribution in [2.24, 2.45) is 0 Å². The van der Waals surface area contributed by atoms with Gasteiger partial charge >= 0.3 is 0 Å². The molecule has 6 aromatic rings. The minimum Gasteiger partial charge on any atom is -0.336 e. The van der Waals surface area contributed by atoms with E-state index in [1.54, 1.807) is 25.4 Å². The molecule has 35 heavy (non-hydrogen) atoms. The Hall–Kier alpha value is -4.44. The fourth-order valence-electron chi connectivity index (χ4n) is 3.92. The molecular weight excluding hydrogens is 465 g/mol. The molecule has 6 rings (SSSR count). The van der Waals surface area contributed by atoms with E-state index in [1.807, 2.05) is 36.4 Å². The molecule has 1 amide bonds. The van der Waals surface area contributed by atoms with Crippen molar-refractivity contribution in [2.45, 2.75) is 13.3 Å². The van der Waals surface area contributed by atoms with Crippen LogP contribution in [-0.2, 0) is 4.79 Å². The number of hydrogen-bond donors (Lipinski definition) is 3. The van der Waals surface area contributed by atoms with Gasteiger partial charge in [-0.1, -0.05) is 19.1 Å². The monoisotopic (exact) mass is 483 g/mol. The van der Waals surface area contributed by atoms with Crippen molar-refractivity contribution in [1.29, 1.82) is 0 Å². The molecule has 0 saturated carbocycles. The molecule has 5 heterocycles. The van der Waals surface area contributed by atoms with Gasteiger partial charge in [-0.15, -0.1) is 11.3 Å². The zero-order chi connectivity index (χ0) is 23.9. The lowest BCUT2D eigenvalue weighted by molar-refractivity contribution is -0.115. The van der Waals surface area contributed by atoms with Gasteiger partial charge in [0.15, 0.2) is 16.6 Å². The first-order chi connectivity index (χ1) is 17.1. The van der Waals surface area contributed by atoms with E-state index in [1.165, 1.54) is 6.07 Å². The number of hydrogen-bond acceptors (Lipinski definition) is 6. The van der Waals surface area contributed by atoms with Gasteiger partial charge in [-0.2, -0.15) is 9.49 Å². The highest BCUT2D eigenvalue weighted by Crippen LogP contribution is 2.34. The van der Waals surface area contributed by atoms with E-state index in [2.05, 4.69) is 25.5 Å². The van der Waals surface area contributed by atoms with Crippen LogP contribution in [-0.4, -0.2) is 36.0 Å². The topological polar surface area (TPSA) is 112 Å². The summed E-state index contributed by atoms with van der Waals surface area (Å²) in [5.74, 6) is 0.474. The fraction of sp³-hybridized carbons (Fsp3) is 0.0800. The van der Waals surface area contributed by atoms with E-state index < -0.39 is 0 Å². The summed E-state index contributed by atoms with van der Waals surface area (Å²) in [4.78, 5) is 29.8. The number of anilines is 1. The van der Waals surface area contributed by atoms with E-state index >= 15 is 0 Å². The van der Waals surface area contributed by atoms with Gasteiger partial charge in [0.25, 0.3) is 0 Å². The van der Waals surface area contributed by atoms with E-state index in [9.17, 15) is 9.18 Å². The largest absolute Gasteiger partial charge is 0.336 e. The van der Waals surface area contributed by atoms with E-state index in [-0.39, 0.29) is 11.0 Å². The van der Waals surface area contributed by atoms with Gasteiger partial charge in [0.2, 0.25) is 5.91 Å². The second kappa shape index (κ2) is 8.41. The molecule has 0 aliphatic heterocycles. The smallest absolute Gasteiger partial charge is 0.224 e. The maximum Gasteiger partial charge on any atom is 0.224 e. The van der Waals surface area contributed by atoms with Crippen LogP contribution in [0.15, 0.2) is 60.9 Å². The molecule has 0 atom stereocenters. The molecule has 8 nitrogen and oxygen atoms in total. The first-order valence-corrected chi connectivity index (χ1v) is 11.8. The average molecular weight is 484 g/mol. The maximum atomic E-state index is 13.6. The maximum absolute atomic E-state index is 13.6. The lowest BCUT2D eigenvalue weighted by atomic mass is 10.1. The number of nitrogens with zero attached hydrogens (tertiary/aromatic N) is 4. The highest BCUT2D eigenvalue weighted by Gasteiger charge is 2.17. The van der Waals surface area contributed by atoms with E-state index in [0.717, 1.165) is 43.9 Å². The number of carbonyl (C=O) groups is 1. The zero-order valence-corrected chi connectivity index (χ0v) is 19.3. The van der Waals surface area contributed by atoms with Crippen molar-refractivity contribution in [3.05, 3.63) is 66.1 Å². The lowest BCUT2D eigenvalue weighted by Gasteiger charge is -2.06. The van der Waals surface area contributed by atoms with E-state index in [4.69, 9.17) is 9.97 Å². The number of carbonyl (C=O) groups excluding carboxylic acids is 1. The number of rotatable bonds is 5. The number of benzene rings is 1. The predicted molar refractivity (Wildman–Crippen MR) is 134 cm³/mol. The van der Waals surface area contributed by atoms with Crippen molar-refractivity contribution in [1.82, 2.24) is 30.1 Å². The number of halogens is 1. The molecule has 172 valence electrons. The number of H-pyrrole nitrogens is 2. The molecule has 0 aliphatic rings. The van der Waals surface area contributed by atoms with Crippen molar-refractivity contribution in [3.63, 3.8) is 0 Å². The van der Waals surface area contributed by atoms with Gasteiger partial charge in [0.1, 0.15) is 5.52 Å². The summed E-state index contributed by atoms with van der Waals surface area (Å²) in [6.07, 6.45) is 3.68. The van der Waals surface area contributed by atoms with Gasteiger partial charge in [0.05, 0.1) is 34.1 Å². The molecule has 5 aromatic heterocycles. The van der Waals surface area contributed by atoms with Crippen LogP contribution < -0.4 is 5.32 Å². The number of pyridine rings is 2. The van der Waals surface area contributed by atoms with Gasteiger partial charge < -0.3 is 10.3 Å². The number of nitrogens with one attached hydrogen (secondary N) is 3. The molecule has 0 bridgehead atoms. The Morgan fingerprint density at radius 1 is 1.06 bits per heavy atom. The van der Waals surface area contributed by atoms with Crippen LogP contribution in [0, 0.1) is 5.13 Å². The van der Waals surface area contributed by atoms with Crippen LogP contribution in [0.25, 0.3) is 55.3 Å². The molecule has 1 aromatic carbocycles. The second-order valence-corrected chi connectivity index (χ2v) is 8.95. The van der Waals surface area contributed by atoms with Crippen molar-refractivity contribution in [2.75, 3.05) is 5.32 Å². The molecule has 0 aliphatic carbocycles. The van der Waals surface area contributed by atoms with Crippen LogP contribution in [0.3, 0.4) is 0 Å². The second-order valence-electron chi connectivity index (χ2n) is 7.92. The molecule has 3 N–H and O–H groups in total. The minimum absolute atomic E-state index is 0.0842. The summed E-state index contributed by atoms with van der Waals surface area (Å²) in [6.45, 7) is 1.79. The van der Waals surface area contributed by atoms with Gasteiger partial charge in [-0.05, 0) is 36.4 Å². The van der Waals surface area contributed by atoms with Crippen LogP contribution in [0.1, 0.15) is 13.3 Å². The third kappa shape index (κ3) is 3.83. The van der Waals surface area contributed by atoms with Crippen molar-refractivity contribution < 1.29 is 9.18 Å². The molecule has 0 unspecified atom stereocenters. The first kappa shape index (κ1) is 21.1. The standard InChI is InChI=1S/C25H18FN7OS/c1-2-21(34)28-14-10-13(11-27-12-14)16-6-7-18-23(29-16)24(33-32-18)25-30-17-5-3-4-15(22(17)31-25)19-8-9-20(26)35-19/h3-12H,2H2,1H3,(H,28,34)(H,30,31)(H,32,33). The number of aromatic nitrogens is 6. The Morgan fingerprint density at radius 2 is 1.97 bits per heavy atom. The van der Waals surface area contributed by atoms with Crippen LogP contribution in [0.4, 0.5) is 10.1 Å². The van der Waals surface area contributed by atoms with Gasteiger partial charge in [-0.3, -0.25) is 14.9 Å². The first-order valence-electron chi connectivity index (χ1n) is 10.9. The number of thiophene rings is 1. The predicted octanol–water partition coefficient (Wildman–Crippen LogP) is 5.78. The van der Waals surface area contributed by atoms with Crippen LogP contribution in [0.5, 0.6) is 0 Å². The highest BCUT2D eigenvalue weighted by atomic mass is 32.1. The SMILES string of the molecule is CCC(=O)Nc1cncc(-c2ccc3[nH]nc(-c4nc5c(-c6ccc(F)s6)cccc5[nH]4)c3n2)c1. The van der Waals surface area contributed by atoms with E-state index in [0.29, 0.717) is 34.8 Å². The van der Waals surface area contributed by atoms with Gasteiger partial charge in [0, 0.05) is 28.6 Å². The number of imidazole rings is 1. The van der Waals surface area contributed by atoms with Crippen molar-refractivity contribution in [3.8, 4) is 33.2 Å². The Bertz CT molecular complexity index is 1720. The quantitative estimate of drug-likeness (QED) is 0.288. The lowest BCUT2D eigenvalue weighted by Crippen LogP contribution is -2.09. The number of aromatic amines is 2. The summed E-state index contributed by atoms with van der Waals surface area (Å²) in [5, 5.41) is 10.1. The minimum atomic E-state index is -0.240. The molecule has 0 saturated heterocycles. The van der Waals surface area contributed by atoms with Crippen LogP contribution >= 0.6 is 11.3 Å². The summed E-state index contributed by atoms with van der Waals surface area (Å²) in [5.41, 5.74) is 6.45. The molecular formula is C25H18FN7OS. The third-order valence-electron chi connectivity index (χ3n) is 5.62. The summed E-state index contributed by atoms with van der Waals surface area (Å²) < 4.78 is 13.6. The Balaban J connectivity index is 1.43. The summed E-state index contributed by atoms with van der Waals surface area (Å²) in [7, 11) is 0. The molecule has 0 radical (unpaired) electrons. The Kier molecular flexibility index (Phi) is 5.07. The molecule has 0 spiro atoms. The Morgan fingerprint density at radius 3 is 2.80 bits per heavy atom. The van der Waals surface area contributed by atoms with Crippen molar-refractivity contribution >= 4 is 45.0 Å². The normalized spacial score (nSPS) is 11.4. The van der Waals surface area contributed by atoms with Crippen LogP contribution in [0.2, 0.25) is 0 Å².